The third-order valence-corrected chi connectivity index (χ3v) is 13.5. The van der Waals surface area contributed by atoms with Gasteiger partial charge >= 0.3 is 0 Å². The van der Waals surface area contributed by atoms with E-state index in [1.165, 1.54) is 64.2 Å². The molecule has 0 aliphatic heterocycles. The van der Waals surface area contributed by atoms with Gasteiger partial charge in [0.1, 0.15) is 0 Å². The maximum absolute atomic E-state index is 6.64. The summed E-state index contributed by atoms with van der Waals surface area (Å²) < 4.78 is 13.2. The highest BCUT2D eigenvalue weighted by Gasteiger charge is 2.59. The van der Waals surface area contributed by atoms with E-state index >= 15 is 0 Å². The first kappa shape index (κ1) is 30.1. The lowest BCUT2D eigenvalue weighted by Gasteiger charge is -2.58. The van der Waals surface area contributed by atoms with Gasteiger partial charge in [-0.3, -0.25) is 0 Å². The molecule has 0 bridgehead atoms. The van der Waals surface area contributed by atoms with E-state index in [0.29, 0.717) is 29.0 Å². The van der Waals surface area contributed by atoms with Crippen LogP contribution < -0.4 is 0 Å². The first-order valence-corrected chi connectivity index (χ1v) is 22.9. The van der Waals surface area contributed by atoms with Gasteiger partial charge in [-0.05, 0) is 150 Å². The molecule has 0 aromatic carbocycles. The average molecular weight is 547 g/mol. The minimum atomic E-state index is -1.50. The summed E-state index contributed by atoms with van der Waals surface area (Å²) in [6.07, 6.45) is 17.3. The minimum absolute atomic E-state index is 0.436. The summed E-state index contributed by atoms with van der Waals surface area (Å²) in [5, 5.41) is 0. The predicted molar refractivity (Wildman–Crippen MR) is 165 cm³/mol. The van der Waals surface area contributed by atoms with Crippen molar-refractivity contribution in [1.82, 2.24) is 0 Å². The molecule has 214 valence electrons. The Balaban J connectivity index is 1.43. The van der Waals surface area contributed by atoms with Crippen molar-refractivity contribution >= 4 is 16.6 Å². The number of hydrogen-bond acceptors (Lipinski definition) is 2. The van der Waals surface area contributed by atoms with E-state index in [4.69, 9.17) is 8.85 Å². The SMILES string of the molecule is CC(C)[C@@H](CC[C@@H](C)[C@H]1CC[C@H]2[C@@H]3CC=C4C[C@@H](O[Si](C)(C)C)CC[C@]4(C)[C@H]3CC[C@]12C)O[Si](C)(C)C. The largest absolute Gasteiger partial charge is 0.414 e. The molecular weight excluding hydrogens is 485 g/mol. The molecule has 0 N–H and O–H groups in total. The molecule has 0 aromatic rings. The summed E-state index contributed by atoms with van der Waals surface area (Å²) in [7, 11) is -2.97. The van der Waals surface area contributed by atoms with Crippen molar-refractivity contribution in [2.75, 3.05) is 0 Å². The van der Waals surface area contributed by atoms with E-state index in [2.05, 4.69) is 80.0 Å². The fraction of sp³-hybridized carbons (Fsp3) is 0.939. The van der Waals surface area contributed by atoms with Crippen molar-refractivity contribution in [3.63, 3.8) is 0 Å². The van der Waals surface area contributed by atoms with E-state index in [1.54, 1.807) is 5.57 Å². The van der Waals surface area contributed by atoms with Gasteiger partial charge in [-0.1, -0.05) is 46.3 Å². The second kappa shape index (κ2) is 10.8. The van der Waals surface area contributed by atoms with Crippen LogP contribution in [-0.2, 0) is 8.85 Å². The van der Waals surface area contributed by atoms with Crippen LogP contribution in [0.4, 0.5) is 0 Å². The van der Waals surface area contributed by atoms with E-state index in [-0.39, 0.29) is 0 Å². The Bertz CT molecular complexity index is 823. The summed E-state index contributed by atoms with van der Waals surface area (Å²) >= 11 is 0. The van der Waals surface area contributed by atoms with Gasteiger partial charge in [0.2, 0.25) is 0 Å². The van der Waals surface area contributed by atoms with Crippen molar-refractivity contribution in [3.8, 4) is 0 Å². The Labute approximate surface area is 233 Å². The highest BCUT2D eigenvalue weighted by Crippen LogP contribution is 2.67. The molecule has 0 radical (unpaired) electrons. The fourth-order valence-corrected chi connectivity index (χ4v) is 12.3. The lowest BCUT2D eigenvalue weighted by molar-refractivity contribution is -0.0568. The Morgan fingerprint density at radius 3 is 2.19 bits per heavy atom. The van der Waals surface area contributed by atoms with E-state index in [9.17, 15) is 0 Å². The number of rotatable bonds is 9. The Kier molecular flexibility index (Phi) is 8.79. The number of hydrogen-bond donors (Lipinski definition) is 0. The van der Waals surface area contributed by atoms with Crippen molar-refractivity contribution < 1.29 is 8.85 Å². The van der Waals surface area contributed by atoms with E-state index in [1.807, 2.05) is 0 Å². The van der Waals surface area contributed by atoms with Gasteiger partial charge in [-0.15, -0.1) is 0 Å². The average Bonchev–Trinajstić information content (AvgIpc) is 3.12. The third-order valence-electron chi connectivity index (χ3n) is 11.5. The molecule has 9 atom stereocenters. The topological polar surface area (TPSA) is 18.5 Å². The second-order valence-corrected chi connectivity index (χ2v) is 25.6. The Morgan fingerprint density at radius 1 is 0.865 bits per heavy atom. The van der Waals surface area contributed by atoms with Crippen molar-refractivity contribution in [1.29, 1.82) is 0 Å². The van der Waals surface area contributed by atoms with Crippen molar-refractivity contribution in [3.05, 3.63) is 11.6 Å². The first-order valence-electron chi connectivity index (χ1n) is 16.1. The van der Waals surface area contributed by atoms with Crippen LogP contribution in [0.2, 0.25) is 39.3 Å². The monoisotopic (exact) mass is 546 g/mol. The van der Waals surface area contributed by atoms with Crippen LogP contribution >= 0.6 is 0 Å². The summed E-state index contributed by atoms with van der Waals surface area (Å²) in [6, 6.07) is 0. The Morgan fingerprint density at radius 2 is 1.57 bits per heavy atom. The third kappa shape index (κ3) is 6.38. The molecule has 3 saturated carbocycles. The highest BCUT2D eigenvalue weighted by atomic mass is 28.4. The second-order valence-electron chi connectivity index (χ2n) is 16.7. The molecule has 4 heteroatoms. The lowest BCUT2D eigenvalue weighted by Crippen LogP contribution is -2.51. The van der Waals surface area contributed by atoms with Crippen LogP contribution in [0.15, 0.2) is 11.6 Å². The molecule has 0 saturated heterocycles. The van der Waals surface area contributed by atoms with Crippen molar-refractivity contribution in [2.24, 2.45) is 46.3 Å². The molecule has 0 unspecified atom stereocenters. The van der Waals surface area contributed by atoms with E-state index in [0.717, 1.165) is 29.6 Å². The summed E-state index contributed by atoms with van der Waals surface area (Å²) in [5.41, 5.74) is 2.76. The summed E-state index contributed by atoms with van der Waals surface area (Å²) in [4.78, 5) is 0. The molecule has 4 rings (SSSR count). The fourth-order valence-electron chi connectivity index (χ4n) is 9.81. The minimum Gasteiger partial charge on any atom is -0.414 e. The molecule has 3 fully saturated rings. The first-order chi connectivity index (χ1) is 17.0. The zero-order valence-electron chi connectivity index (χ0n) is 26.6. The molecular formula is C33H62O2Si2. The van der Waals surface area contributed by atoms with Gasteiger partial charge in [0.15, 0.2) is 16.6 Å². The van der Waals surface area contributed by atoms with Crippen LogP contribution in [0.1, 0.15) is 98.8 Å². The smallest absolute Gasteiger partial charge is 0.184 e. The quantitative estimate of drug-likeness (QED) is 0.211. The van der Waals surface area contributed by atoms with Crippen LogP contribution in [0, 0.1) is 46.3 Å². The number of fused-ring (bicyclic) bond motifs is 5. The van der Waals surface area contributed by atoms with E-state index < -0.39 is 16.6 Å². The van der Waals surface area contributed by atoms with Crippen LogP contribution in [0.25, 0.3) is 0 Å². The molecule has 0 aromatic heterocycles. The molecule has 4 aliphatic carbocycles. The molecule has 0 amide bonds. The summed E-state index contributed by atoms with van der Waals surface area (Å²) in [5.74, 6) is 5.09. The Hall–Kier alpha value is 0.0938. The maximum atomic E-state index is 6.64. The molecule has 37 heavy (non-hydrogen) atoms. The molecule has 4 aliphatic rings. The zero-order valence-corrected chi connectivity index (χ0v) is 28.6. The van der Waals surface area contributed by atoms with Gasteiger partial charge in [0.25, 0.3) is 0 Å². The molecule has 0 spiro atoms. The maximum Gasteiger partial charge on any atom is 0.184 e. The van der Waals surface area contributed by atoms with Gasteiger partial charge in [-0.2, -0.15) is 0 Å². The standard InChI is InChI=1S/C33H62O2Si2/c1-23(2)31(35-37(9,10)11)17-12-24(3)28-15-16-29-27-14-13-25-22-26(34-36(6,7)8)18-20-32(25,4)30(27)19-21-33(28,29)5/h13,23-24,26-31H,12,14-22H2,1-11H3/t24-,26+,27+,28-,29+,30+,31-,32+,33-/m1/s1. The number of allylic oxidation sites excluding steroid dienone is 1. The van der Waals surface area contributed by atoms with Crippen LogP contribution in [-0.4, -0.2) is 28.8 Å². The van der Waals surface area contributed by atoms with Crippen LogP contribution in [0.3, 0.4) is 0 Å². The van der Waals surface area contributed by atoms with Gasteiger partial charge < -0.3 is 8.85 Å². The molecule has 2 nitrogen and oxygen atoms in total. The highest BCUT2D eigenvalue weighted by molar-refractivity contribution is 6.70. The summed E-state index contributed by atoms with van der Waals surface area (Å²) in [6.45, 7) is 26.8. The van der Waals surface area contributed by atoms with Crippen molar-refractivity contribution in [2.45, 2.75) is 150 Å². The predicted octanol–water partition coefficient (Wildman–Crippen LogP) is 10.1. The van der Waals surface area contributed by atoms with Gasteiger partial charge in [-0.25, -0.2) is 0 Å². The normalized spacial score (nSPS) is 40.0. The lowest BCUT2D eigenvalue weighted by atomic mass is 9.47. The molecule has 0 heterocycles. The van der Waals surface area contributed by atoms with Gasteiger partial charge in [0, 0.05) is 12.2 Å². The van der Waals surface area contributed by atoms with Crippen LogP contribution in [0.5, 0.6) is 0 Å². The van der Waals surface area contributed by atoms with Gasteiger partial charge in [0.05, 0.1) is 0 Å². The zero-order chi connectivity index (χ0) is 27.4.